The third-order valence-corrected chi connectivity index (χ3v) is 3.24. The van der Waals surface area contributed by atoms with Crippen LogP contribution in [0.1, 0.15) is 51.6 Å². The van der Waals surface area contributed by atoms with Crippen LogP contribution < -0.4 is 5.32 Å². The highest BCUT2D eigenvalue weighted by molar-refractivity contribution is 5.10. The molecular weight excluding hydrogens is 238 g/mol. The molecule has 110 valence electrons. The van der Waals surface area contributed by atoms with E-state index in [-0.39, 0.29) is 0 Å². The summed E-state index contributed by atoms with van der Waals surface area (Å²) in [5.41, 5.74) is 1.30. The SMILES string of the molecule is CCCNC(CC(C)COC)c1cnn(CCC)c1. The van der Waals surface area contributed by atoms with E-state index in [2.05, 4.69) is 37.4 Å². The molecule has 1 rings (SSSR count). The first-order valence-corrected chi connectivity index (χ1v) is 7.45. The molecule has 0 fully saturated rings. The number of rotatable bonds is 10. The molecule has 1 N–H and O–H groups in total. The summed E-state index contributed by atoms with van der Waals surface area (Å²) in [4.78, 5) is 0. The van der Waals surface area contributed by atoms with Crippen molar-refractivity contribution in [1.82, 2.24) is 15.1 Å². The van der Waals surface area contributed by atoms with E-state index in [1.165, 1.54) is 5.56 Å². The zero-order valence-electron chi connectivity index (χ0n) is 12.9. The van der Waals surface area contributed by atoms with E-state index in [0.29, 0.717) is 12.0 Å². The number of methoxy groups -OCH3 is 1. The Morgan fingerprint density at radius 1 is 1.37 bits per heavy atom. The minimum absolute atomic E-state index is 0.385. The largest absolute Gasteiger partial charge is 0.384 e. The van der Waals surface area contributed by atoms with Crippen molar-refractivity contribution in [2.24, 2.45) is 5.92 Å². The van der Waals surface area contributed by atoms with E-state index in [0.717, 1.165) is 39.0 Å². The molecule has 0 saturated heterocycles. The molecule has 2 atom stereocenters. The van der Waals surface area contributed by atoms with Crippen LogP contribution in [0.25, 0.3) is 0 Å². The predicted molar refractivity (Wildman–Crippen MR) is 79.2 cm³/mol. The lowest BCUT2D eigenvalue weighted by molar-refractivity contribution is 0.149. The van der Waals surface area contributed by atoms with Gasteiger partial charge in [0.2, 0.25) is 0 Å². The number of hydrogen-bond donors (Lipinski definition) is 1. The number of nitrogens with zero attached hydrogens (tertiary/aromatic N) is 2. The van der Waals surface area contributed by atoms with Gasteiger partial charge in [-0.1, -0.05) is 20.8 Å². The maximum absolute atomic E-state index is 5.24. The van der Waals surface area contributed by atoms with Crippen LogP contribution in [0, 0.1) is 5.92 Å². The van der Waals surface area contributed by atoms with E-state index in [1.54, 1.807) is 7.11 Å². The van der Waals surface area contributed by atoms with E-state index >= 15 is 0 Å². The minimum Gasteiger partial charge on any atom is -0.384 e. The first-order chi connectivity index (χ1) is 9.21. The fourth-order valence-corrected chi connectivity index (χ4v) is 2.32. The van der Waals surface area contributed by atoms with E-state index in [4.69, 9.17) is 4.74 Å². The molecule has 0 saturated carbocycles. The Morgan fingerprint density at radius 2 is 2.16 bits per heavy atom. The van der Waals surface area contributed by atoms with Crippen LogP contribution in [-0.2, 0) is 11.3 Å². The van der Waals surface area contributed by atoms with Crippen molar-refractivity contribution in [3.05, 3.63) is 18.0 Å². The van der Waals surface area contributed by atoms with Gasteiger partial charge in [0.05, 0.1) is 6.20 Å². The molecular formula is C15H29N3O. The van der Waals surface area contributed by atoms with Gasteiger partial charge in [-0.05, 0) is 31.7 Å². The third kappa shape index (κ3) is 5.74. The molecule has 0 amide bonds. The second kappa shape index (κ2) is 9.10. The average molecular weight is 267 g/mol. The van der Waals surface area contributed by atoms with Crippen molar-refractivity contribution in [1.29, 1.82) is 0 Å². The molecule has 19 heavy (non-hydrogen) atoms. The molecule has 0 aromatic carbocycles. The highest BCUT2D eigenvalue weighted by atomic mass is 16.5. The fraction of sp³-hybridized carbons (Fsp3) is 0.800. The first-order valence-electron chi connectivity index (χ1n) is 7.45. The van der Waals surface area contributed by atoms with Crippen LogP contribution >= 0.6 is 0 Å². The van der Waals surface area contributed by atoms with Gasteiger partial charge in [0.15, 0.2) is 0 Å². The summed E-state index contributed by atoms with van der Waals surface area (Å²) in [5.74, 6) is 0.550. The van der Waals surface area contributed by atoms with Crippen LogP contribution in [0.15, 0.2) is 12.4 Å². The molecule has 0 aliphatic heterocycles. The predicted octanol–water partition coefficient (Wildman–Crippen LogP) is 3.01. The highest BCUT2D eigenvalue weighted by Gasteiger charge is 2.16. The van der Waals surface area contributed by atoms with Crippen molar-refractivity contribution >= 4 is 0 Å². The molecule has 0 bridgehead atoms. The molecule has 1 aromatic rings. The van der Waals surface area contributed by atoms with Gasteiger partial charge in [0.1, 0.15) is 0 Å². The zero-order valence-corrected chi connectivity index (χ0v) is 12.9. The quantitative estimate of drug-likeness (QED) is 0.708. The van der Waals surface area contributed by atoms with E-state index in [9.17, 15) is 0 Å². The van der Waals surface area contributed by atoms with Crippen LogP contribution in [-0.4, -0.2) is 30.0 Å². The van der Waals surface area contributed by atoms with Crippen molar-refractivity contribution in [3.8, 4) is 0 Å². The molecule has 1 aromatic heterocycles. The molecule has 0 spiro atoms. The first kappa shape index (κ1) is 16.2. The lowest BCUT2D eigenvalue weighted by Gasteiger charge is -2.21. The van der Waals surface area contributed by atoms with Crippen LogP contribution in [0.5, 0.6) is 0 Å². The second-order valence-electron chi connectivity index (χ2n) is 5.34. The van der Waals surface area contributed by atoms with E-state index < -0.39 is 0 Å². The van der Waals surface area contributed by atoms with Gasteiger partial charge in [-0.15, -0.1) is 0 Å². The van der Waals surface area contributed by atoms with Crippen molar-refractivity contribution in [3.63, 3.8) is 0 Å². The van der Waals surface area contributed by atoms with Gasteiger partial charge in [-0.25, -0.2) is 0 Å². The van der Waals surface area contributed by atoms with Gasteiger partial charge < -0.3 is 10.1 Å². The van der Waals surface area contributed by atoms with Crippen molar-refractivity contribution in [2.45, 2.75) is 52.6 Å². The summed E-state index contributed by atoms with van der Waals surface area (Å²) in [7, 11) is 1.77. The summed E-state index contributed by atoms with van der Waals surface area (Å²) in [6.45, 7) is 9.46. The van der Waals surface area contributed by atoms with Gasteiger partial charge in [0, 0.05) is 38.1 Å². The number of hydrogen-bond acceptors (Lipinski definition) is 3. The Kier molecular flexibility index (Phi) is 7.75. The Morgan fingerprint density at radius 3 is 2.79 bits per heavy atom. The second-order valence-corrected chi connectivity index (χ2v) is 5.34. The Labute approximate surface area is 117 Å². The normalized spacial score (nSPS) is 14.5. The van der Waals surface area contributed by atoms with Crippen LogP contribution in [0.3, 0.4) is 0 Å². The Bertz CT molecular complexity index is 338. The lowest BCUT2D eigenvalue weighted by atomic mass is 9.98. The average Bonchev–Trinajstić information content (AvgIpc) is 2.84. The Hall–Kier alpha value is -0.870. The number of aromatic nitrogens is 2. The zero-order chi connectivity index (χ0) is 14.1. The number of ether oxygens (including phenoxy) is 1. The fourth-order valence-electron chi connectivity index (χ4n) is 2.32. The maximum Gasteiger partial charge on any atom is 0.0537 e. The van der Waals surface area contributed by atoms with Crippen molar-refractivity contribution < 1.29 is 4.74 Å². The standard InChI is InChI=1S/C15H29N3O/c1-5-7-16-15(9-13(3)12-19-4)14-10-17-18(11-14)8-6-2/h10-11,13,15-16H,5-9,12H2,1-4H3. The third-order valence-electron chi connectivity index (χ3n) is 3.24. The molecule has 2 unspecified atom stereocenters. The van der Waals surface area contributed by atoms with Crippen LogP contribution in [0.2, 0.25) is 0 Å². The summed E-state index contributed by atoms with van der Waals surface area (Å²) in [5, 5.41) is 8.06. The van der Waals surface area contributed by atoms with Gasteiger partial charge >= 0.3 is 0 Å². The van der Waals surface area contributed by atoms with Crippen LogP contribution in [0.4, 0.5) is 0 Å². The number of nitrogens with one attached hydrogen (secondary N) is 1. The molecule has 4 nitrogen and oxygen atoms in total. The molecule has 0 aliphatic rings. The molecule has 1 heterocycles. The summed E-state index contributed by atoms with van der Waals surface area (Å²) in [6, 6.07) is 0.385. The Balaban J connectivity index is 2.65. The summed E-state index contributed by atoms with van der Waals surface area (Å²) < 4.78 is 7.28. The lowest BCUT2D eigenvalue weighted by Crippen LogP contribution is -2.24. The molecule has 0 radical (unpaired) electrons. The minimum atomic E-state index is 0.385. The molecule has 4 heteroatoms. The summed E-state index contributed by atoms with van der Waals surface area (Å²) in [6.07, 6.45) is 7.54. The molecule has 0 aliphatic carbocycles. The van der Waals surface area contributed by atoms with Gasteiger partial charge in [-0.3, -0.25) is 4.68 Å². The topological polar surface area (TPSA) is 39.1 Å². The van der Waals surface area contributed by atoms with E-state index in [1.807, 2.05) is 10.9 Å². The van der Waals surface area contributed by atoms with Gasteiger partial charge in [0.25, 0.3) is 0 Å². The highest BCUT2D eigenvalue weighted by Crippen LogP contribution is 2.21. The number of aryl methyl sites for hydroxylation is 1. The smallest absolute Gasteiger partial charge is 0.0537 e. The maximum atomic E-state index is 5.24. The summed E-state index contributed by atoms with van der Waals surface area (Å²) >= 11 is 0. The van der Waals surface area contributed by atoms with Crippen molar-refractivity contribution in [2.75, 3.05) is 20.3 Å². The monoisotopic (exact) mass is 267 g/mol. The van der Waals surface area contributed by atoms with Gasteiger partial charge in [-0.2, -0.15) is 5.10 Å².